The van der Waals surface area contributed by atoms with E-state index >= 15 is 0 Å². The molecule has 9 nitrogen and oxygen atoms in total. The highest BCUT2D eigenvalue weighted by Gasteiger charge is 2.32. The number of aliphatic carboxylic acids is 1. The van der Waals surface area contributed by atoms with E-state index in [1.165, 1.54) is 0 Å². The predicted octanol–water partition coefficient (Wildman–Crippen LogP) is 4.06. The summed E-state index contributed by atoms with van der Waals surface area (Å²) in [5.74, 6) is -0.310. The van der Waals surface area contributed by atoms with Gasteiger partial charge < -0.3 is 25.8 Å². The standard InChI is InChI=1S/C32H39N3O6/c1-6-11-26(31(38)39)33-29(36)27(16-19(2)3)34-30(37)28(17-20(4)5)35-32(40)41-18-25-23-14-9-7-12-21(23)22-13-8-10-15-24(22)25/h1,7-10,12-15,19-20,25-28H,11,16-18H2,2-5H3,(H,33,36)(H,34,37)(H,35,40)(H,38,39)/t26-,27-,28-/m0/s1. The third-order valence-corrected chi connectivity index (χ3v) is 6.94. The summed E-state index contributed by atoms with van der Waals surface area (Å²) in [5, 5.41) is 17.1. The van der Waals surface area contributed by atoms with Gasteiger partial charge in [-0.05, 0) is 46.9 Å². The number of carboxylic acids is 1. The zero-order valence-electron chi connectivity index (χ0n) is 24.0. The number of ether oxygens (including phenoxy) is 1. The summed E-state index contributed by atoms with van der Waals surface area (Å²) in [6.45, 7) is 7.68. The van der Waals surface area contributed by atoms with E-state index in [0.29, 0.717) is 6.42 Å². The molecule has 0 bridgehead atoms. The molecular formula is C32H39N3O6. The van der Waals surface area contributed by atoms with Gasteiger partial charge in [0.1, 0.15) is 24.7 Å². The number of benzene rings is 2. The molecule has 41 heavy (non-hydrogen) atoms. The predicted molar refractivity (Wildman–Crippen MR) is 156 cm³/mol. The van der Waals surface area contributed by atoms with Gasteiger partial charge in [0.15, 0.2) is 0 Å². The van der Waals surface area contributed by atoms with Gasteiger partial charge in [-0.1, -0.05) is 76.2 Å². The van der Waals surface area contributed by atoms with Crippen LogP contribution in [0.15, 0.2) is 48.5 Å². The monoisotopic (exact) mass is 561 g/mol. The fraction of sp³-hybridized carbons (Fsp3) is 0.438. The van der Waals surface area contributed by atoms with Gasteiger partial charge in [-0.25, -0.2) is 9.59 Å². The van der Waals surface area contributed by atoms with Crippen molar-refractivity contribution in [1.29, 1.82) is 0 Å². The molecular weight excluding hydrogens is 522 g/mol. The summed E-state index contributed by atoms with van der Waals surface area (Å²) in [6.07, 6.45) is 4.88. The number of carbonyl (C=O) groups is 4. The van der Waals surface area contributed by atoms with E-state index in [9.17, 15) is 24.3 Å². The van der Waals surface area contributed by atoms with Crippen molar-refractivity contribution in [3.63, 3.8) is 0 Å². The molecule has 0 aliphatic heterocycles. The molecule has 3 amide bonds. The lowest BCUT2D eigenvalue weighted by molar-refractivity contribution is -0.142. The Morgan fingerprint density at radius 1 is 0.805 bits per heavy atom. The molecule has 0 heterocycles. The highest BCUT2D eigenvalue weighted by molar-refractivity contribution is 5.93. The van der Waals surface area contributed by atoms with E-state index in [4.69, 9.17) is 11.2 Å². The molecule has 0 spiro atoms. The van der Waals surface area contributed by atoms with Crippen molar-refractivity contribution in [1.82, 2.24) is 16.0 Å². The third-order valence-electron chi connectivity index (χ3n) is 6.94. The van der Waals surface area contributed by atoms with Gasteiger partial charge in [-0.3, -0.25) is 9.59 Å². The van der Waals surface area contributed by atoms with Gasteiger partial charge in [0.2, 0.25) is 11.8 Å². The molecule has 4 N–H and O–H groups in total. The van der Waals surface area contributed by atoms with E-state index in [1.807, 2.05) is 76.2 Å². The van der Waals surface area contributed by atoms with Crippen LogP contribution in [0.5, 0.6) is 0 Å². The maximum absolute atomic E-state index is 13.3. The minimum absolute atomic E-state index is 0.0144. The van der Waals surface area contributed by atoms with Gasteiger partial charge >= 0.3 is 12.1 Å². The molecule has 0 aromatic heterocycles. The first kappa shape index (κ1) is 31.2. The summed E-state index contributed by atoms with van der Waals surface area (Å²) >= 11 is 0. The number of amides is 3. The van der Waals surface area contributed by atoms with Crippen LogP contribution >= 0.6 is 0 Å². The highest BCUT2D eigenvalue weighted by atomic mass is 16.5. The molecule has 3 atom stereocenters. The molecule has 9 heteroatoms. The van der Waals surface area contributed by atoms with Crippen molar-refractivity contribution in [2.24, 2.45) is 11.8 Å². The Morgan fingerprint density at radius 3 is 1.73 bits per heavy atom. The SMILES string of the molecule is C#CC[C@H](NC(=O)[C@H](CC(C)C)NC(=O)[C@H](CC(C)C)NC(=O)OCC1c2ccccc2-c2ccccc21)C(=O)O. The van der Waals surface area contributed by atoms with Crippen LogP contribution in [0.3, 0.4) is 0 Å². The van der Waals surface area contributed by atoms with Crippen LogP contribution in [-0.2, 0) is 19.1 Å². The second-order valence-corrected chi connectivity index (χ2v) is 11.2. The van der Waals surface area contributed by atoms with Crippen molar-refractivity contribution in [2.75, 3.05) is 6.61 Å². The second kappa shape index (κ2) is 14.4. The van der Waals surface area contributed by atoms with Crippen LogP contribution in [0.25, 0.3) is 11.1 Å². The molecule has 3 rings (SSSR count). The molecule has 0 saturated heterocycles. The number of rotatable bonds is 13. The van der Waals surface area contributed by atoms with Crippen LogP contribution in [0.2, 0.25) is 0 Å². The Morgan fingerprint density at radius 2 is 1.27 bits per heavy atom. The normalized spacial score (nSPS) is 14.3. The molecule has 1 aliphatic carbocycles. The highest BCUT2D eigenvalue weighted by Crippen LogP contribution is 2.44. The lowest BCUT2D eigenvalue weighted by atomic mass is 9.98. The first-order chi connectivity index (χ1) is 19.5. The number of fused-ring (bicyclic) bond motifs is 3. The number of carboxylic acid groups (broad SMARTS) is 1. The lowest BCUT2D eigenvalue weighted by Crippen LogP contribution is -2.56. The number of hydrogen-bond donors (Lipinski definition) is 4. The van der Waals surface area contributed by atoms with Gasteiger partial charge in [-0.15, -0.1) is 12.3 Å². The van der Waals surface area contributed by atoms with E-state index in [-0.39, 0.29) is 37.2 Å². The minimum atomic E-state index is -1.27. The molecule has 0 radical (unpaired) electrons. The molecule has 0 unspecified atom stereocenters. The summed E-state index contributed by atoms with van der Waals surface area (Å²) in [6, 6.07) is 12.8. The topological polar surface area (TPSA) is 134 Å². The average Bonchev–Trinajstić information content (AvgIpc) is 3.24. The third kappa shape index (κ3) is 8.34. The second-order valence-electron chi connectivity index (χ2n) is 11.2. The number of alkyl carbamates (subject to hydrolysis) is 1. The number of hydrogen-bond acceptors (Lipinski definition) is 5. The van der Waals surface area contributed by atoms with Crippen molar-refractivity contribution in [3.05, 3.63) is 59.7 Å². The van der Waals surface area contributed by atoms with E-state index in [2.05, 4.69) is 21.9 Å². The molecule has 2 aromatic carbocycles. The summed E-state index contributed by atoms with van der Waals surface area (Å²) in [5.41, 5.74) is 4.36. The first-order valence-electron chi connectivity index (χ1n) is 13.9. The van der Waals surface area contributed by atoms with Crippen LogP contribution in [0, 0.1) is 24.2 Å². The lowest BCUT2D eigenvalue weighted by Gasteiger charge is -2.26. The van der Waals surface area contributed by atoms with Crippen LogP contribution in [0.1, 0.15) is 64.0 Å². The number of nitrogens with one attached hydrogen (secondary N) is 3. The zero-order chi connectivity index (χ0) is 30.1. The fourth-order valence-corrected chi connectivity index (χ4v) is 5.05. The van der Waals surface area contributed by atoms with Gasteiger partial charge in [-0.2, -0.15) is 0 Å². The van der Waals surface area contributed by atoms with Gasteiger partial charge in [0, 0.05) is 12.3 Å². The van der Waals surface area contributed by atoms with E-state index < -0.39 is 42.0 Å². The van der Waals surface area contributed by atoms with Crippen molar-refractivity contribution in [2.45, 2.75) is 71.0 Å². The summed E-state index contributed by atoms with van der Waals surface area (Å²) in [7, 11) is 0. The maximum Gasteiger partial charge on any atom is 0.407 e. The van der Waals surface area contributed by atoms with Crippen molar-refractivity contribution >= 4 is 23.9 Å². The molecule has 1 aliphatic rings. The Hall–Kier alpha value is -4.32. The van der Waals surface area contributed by atoms with Crippen LogP contribution in [0.4, 0.5) is 4.79 Å². The largest absolute Gasteiger partial charge is 0.480 e. The molecule has 0 saturated carbocycles. The first-order valence-corrected chi connectivity index (χ1v) is 13.9. The maximum atomic E-state index is 13.3. The quantitative estimate of drug-likeness (QED) is 0.273. The number of carbonyl (C=O) groups excluding carboxylic acids is 3. The van der Waals surface area contributed by atoms with Crippen LogP contribution in [-0.4, -0.2) is 53.7 Å². The van der Waals surface area contributed by atoms with Crippen molar-refractivity contribution in [3.8, 4) is 23.5 Å². The summed E-state index contributed by atoms with van der Waals surface area (Å²) < 4.78 is 5.63. The smallest absolute Gasteiger partial charge is 0.407 e. The Labute approximate surface area is 241 Å². The van der Waals surface area contributed by atoms with E-state index in [0.717, 1.165) is 22.3 Å². The molecule has 0 fully saturated rings. The number of terminal acetylenes is 1. The molecule has 2 aromatic rings. The average molecular weight is 562 g/mol. The fourth-order valence-electron chi connectivity index (χ4n) is 5.05. The Bertz CT molecular complexity index is 1250. The Balaban J connectivity index is 1.68. The van der Waals surface area contributed by atoms with Gasteiger partial charge in [0.05, 0.1) is 0 Å². The molecule has 218 valence electrons. The van der Waals surface area contributed by atoms with Crippen molar-refractivity contribution < 1.29 is 29.0 Å². The Kier molecular flexibility index (Phi) is 10.9. The van der Waals surface area contributed by atoms with E-state index in [1.54, 1.807) is 0 Å². The van der Waals surface area contributed by atoms with Crippen LogP contribution < -0.4 is 16.0 Å². The summed E-state index contributed by atoms with van der Waals surface area (Å²) in [4.78, 5) is 50.7. The minimum Gasteiger partial charge on any atom is -0.480 e. The zero-order valence-corrected chi connectivity index (χ0v) is 24.0. The van der Waals surface area contributed by atoms with Gasteiger partial charge in [0.25, 0.3) is 0 Å².